The van der Waals surface area contributed by atoms with E-state index in [1.165, 1.54) is 17.3 Å². The van der Waals surface area contributed by atoms with Crippen LogP contribution in [0.1, 0.15) is 49.4 Å². The van der Waals surface area contributed by atoms with Crippen molar-refractivity contribution in [2.24, 2.45) is 5.41 Å². The van der Waals surface area contributed by atoms with E-state index >= 15 is 0 Å². The first-order valence-electron chi connectivity index (χ1n) is 13.5. The molecule has 0 saturated heterocycles. The molecular weight excluding hydrogens is 540 g/mol. The van der Waals surface area contributed by atoms with Gasteiger partial charge in [-0.3, -0.25) is 4.79 Å². The summed E-state index contributed by atoms with van der Waals surface area (Å²) in [7, 11) is 0. The summed E-state index contributed by atoms with van der Waals surface area (Å²) in [6.07, 6.45) is 2.12. The number of fused-ring (bicyclic) bond motifs is 1. The van der Waals surface area contributed by atoms with Crippen molar-refractivity contribution in [1.29, 1.82) is 0 Å². The third-order valence-electron chi connectivity index (χ3n) is 7.33. The highest BCUT2D eigenvalue weighted by Gasteiger charge is 2.41. The summed E-state index contributed by atoms with van der Waals surface area (Å²) in [5.41, 5.74) is 4.85. The average Bonchev–Trinajstić information content (AvgIpc) is 3.34. The van der Waals surface area contributed by atoms with Crippen LogP contribution in [0.2, 0.25) is 5.02 Å². The van der Waals surface area contributed by atoms with Gasteiger partial charge >= 0.3 is 0 Å². The molecule has 1 N–H and O–H groups in total. The number of aromatic nitrogens is 3. The molecule has 1 atom stereocenters. The van der Waals surface area contributed by atoms with Gasteiger partial charge in [-0.25, -0.2) is 4.68 Å². The molecule has 0 spiro atoms. The van der Waals surface area contributed by atoms with E-state index in [0.717, 1.165) is 46.0 Å². The smallest absolute Gasteiger partial charge is 0.227 e. The van der Waals surface area contributed by atoms with Crippen molar-refractivity contribution >= 4 is 35.1 Å². The van der Waals surface area contributed by atoms with E-state index in [1.807, 2.05) is 71.4 Å². The van der Waals surface area contributed by atoms with Gasteiger partial charge in [-0.15, -0.1) is 5.10 Å². The van der Waals surface area contributed by atoms with Crippen LogP contribution in [-0.2, 0) is 17.0 Å². The molecule has 3 aromatic carbocycles. The fourth-order valence-corrected chi connectivity index (χ4v) is 6.51. The molecule has 8 heteroatoms. The summed E-state index contributed by atoms with van der Waals surface area (Å²) in [5.74, 6) is 2.26. The molecular formula is C32H31ClN4O2S. The highest BCUT2D eigenvalue weighted by atomic mass is 35.5. The standard InChI is InChI=1S/C32H31ClN4O2S/c1-32(2)18-26-28(27(38)19-32)29(22-12-14-24(15-13-22)39-17-16-21-8-4-3-5-9-21)37-30(34-26)35-31(36-37)40-20-23-10-6-7-11-25(23)33/h3-15,29H,16-20H2,1-2H3,(H,34,35,36). The molecule has 1 aromatic heterocycles. The summed E-state index contributed by atoms with van der Waals surface area (Å²) in [6, 6.07) is 25.8. The number of allylic oxidation sites excluding steroid dienone is 2. The molecule has 6 rings (SSSR count). The monoisotopic (exact) mass is 570 g/mol. The maximum Gasteiger partial charge on any atom is 0.227 e. The van der Waals surface area contributed by atoms with Gasteiger partial charge in [-0.2, -0.15) is 4.98 Å². The van der Waals surface area contributed by atoms with E-state index < -0.39 is 0 Å². The number of anilines is 1. The SMILES string of the molecule is CC1(C)CC(=O)C2=C(C1)Nc1nc(SCc3ccccc3Cl)nn1C2c1ccc(OCCc2ccccc2)cc1. The summed E-state index contributed by atoms with van der Waals surface area (Å²) in [6.45, 7) is 4.87. The van der Waals surface area contributed by atoms with Crippen molar-refractivity contribution in [2.45, 2.75) is 50.1 Å². The van der Waals surface area contributed by atoms with Crippen molar-refractivity contribution in [3.63, 3.8) is 0 Å². The van der Waals surface area contributed by atoms with Crippen molar-refractivity contribution in [3.05, 3.63) is 112 Å². The fraction of sp³-hybridized carbons (Fsp3) is 0.281. The number of hydrogen-bond donors (Lipinski definition) is 1. The number of nitrogens with one attached hydrogen (secondary N) is 1. The Kier molecular flexibility index (Phi) is 7.43. The maximum absolute atomic E-state index is 13.5. The third kappa shape index (κ3) is 5.67. The van der Waals surface area contributed by atoms with Crippen LogP contribution in [-0.4, -0.2) is 27.2 Å². The van der Waals surface area contributed by atoms with Gasteiger partial charge in [0.2, 0.25) is 11.1 Å². The lowest BCUT2D eigenvalue weighted by atomic mass is 9.73. The van der Waals surface area contributed by atoms with Gasteiger partial charge in [0.05, 0.1) is 6.61 Å². The highest BCUT2D eigenvalue weighted by molar-refractivity contribution is 7.98. The zero-order valence-corrected chi connectivity index (χ0v) is 24.1. The van der Waals surface area contributed by atoms with E-state index in [9.17, 15) is 4.79 Å². The van der Waals surface area contributed by atoms with Crippen LogP contribution < -0.4 is 10.1 Å². The zero-order valence-electron chi connectivity index (χ0n) is 22.6. The number of carbonyl (C=O) groups excluding carboxylic acids is 1. The van der Waals surface area contributed by atoms with Crippen molar-refractivity contribution in [3.8, 4) is 5.75 Å². The van der Waals surface area contributed by atoms with Crippen LogP contribution in [0.15, 0.2) is 95.3 Å². The molecule has 0 bridgehead atoms. The molecule has 4 aromatic rings. The van der Waals surface area contributed by atoms with E-state index in [-0.39, 0.29) is 17.2 Å². The summed E-state index contributed by atoms with van der Waals surface area (Å²) < 4.78 is 7.88. The van der Waals surface area contributed by atoms with Gasteiger partial charge in [0.25, 0.3) is 0 Å². The lowest BCUT2D eigenvalue weighted by Gasteiger charge is -2.38. The second-order valence-corrected chi connectivity index (χ2v) is 12.4. The Morgan fingerprint density at radius 3 is 2.55 bits per heavy atom. The molecule has 6 nitrogen and oxygen atoms in total. The molecule has 0 fully saturated rings. The molecule has 0 radical (unpaired) electrons. The van der Waals surface area contributed by atoms with Crippen LogP contribution in [0.4, 0.5) is 5.95 Å². The van der Waals surface area contributed by atoms with Gasteiger partial charge in [0.15, 0.2) is 5.78 Å². The first-order valence-corrected chi connectivity index (χ1v) is 14.9. The Labute approximate surface area is 243 Å². The van der Waals surface area contributed by atoms with Gasteiger partial charge < -0.3 is 10.1 Å². The predicted molar refractivity (Wildman–Crippen MR) is 160 cm³/mol. The normalized spacial score (nSPS) is 17.7. The number of Topliss-reactive ketones (excluding diaryl/α,β-unsaturated/α-hetero) is 1. The van der Waals surface area contributed by atoms with Gasteiger partial charge in [0.1, 0.15) is 11.8 Å². The number of hydrogen-bond acceptors (Lipinski definition) is 6. The largest absolute Gasteiger partial charge is 0.493 e. The first-order chi connectivity index (χ1) is 19.4. The van der Waals surface area contributed by atoms with Gasteiger partial charge in [0, 0.05) is 34.9 Å². The Morgan fingerprint density at radius 2 is 1.77 bits per heavy atom. The Morgan fingerprint density at radius 1 is 1.02 bits per heavy atom. The van der Waals surface area contributed by atoms with Crippen LogP contribution in [0.3, 0.4) is 0 Å². The minimum atomic E-state index is -0.351. The topological polar surface area (TPSA) is 69.0 Å². The molecule has 2 aliphatic rings. The number of ketones is 1. The van der Waals surface area contributed by atoms with E-state index in [2.05, 4.69) is 31.3 Å². The van der Waals surface area contributed by atoms with Crippen LogP contribution in [0.25, 0.3) is 0 Å². The molecule has 40 heavy (non-hydrogen) atoms. The van der Waals surface area contributed by atoms with Crippen molar-refractivity contribution in [2.75, 3.05) is 11.9 Å². The molecule has 1 unspecified atom stereocenters. The van der Waals surface area contributed by atoms with E-state index in [4.69, 9.17) is 26.4 Å². The lowest BCUT2D eigenvalue weighted by molar-refractivity contribution is -0.118. The van der Waals surface area contributed by atoms with Gasteiger partial charge in [-0.05, 0) is 46.7 Å². The highest BCUT2D eigenvalue weighted by Crippen LogP contribution is 2.46. The second-order valence-electron chi connectivity index (χ2n) is 11.1. The third-order valence-corrected chi connectivity index (χ3v) is 8.58. The second kappa shape index (κ2) is 11.1. The number of carbonyl (C=O) groups is 1. The van der Waals surface area contributed by atoms with E-state index in [0.29, 0.717) is 29.9 Å². The molecule has 1 aliphatic carbocycles. The number of nitrogens with zero attached hydrogens (tertiary/aromatic N) is 3. The Balaban J connectivity index is 1.26. The van der Waals surface area contributed by atoms with Crippen molar-refractivity contribution in [1.82, 2.24) is 14.8 Å². The Hall–Kier alpha value is -3.55. The quantitative estimate of drug-likeness (QED) is 0.221. The summed E-state index contributed by atoms with van der Waals surface area (Å²) in [4.78, 5) is 18.3. The average molecular weight is 571 g/mol. The number of rotatable bonds is 8. The van der Waals surface area contributed by atoms with Crippen LogP contribution >= 0.6 is 23.4 Å². The minimum Gasteiger partial charge on any atom is -0.493 e. The van der Waals surface area contributed by atoms with Gasteiger partial charge in [-0.1, -0.05) is 97.9 Å². The lowest BCUT2D eigenvalue weighted by Crippen LogP contribution is -2.36. The van der Waals surface area contributed by atoms with Crippen LogP contribution in [0.5, 0.6) is 5.75 Å². The number of ether oxygens (including phenoxy) is 1. The molecule has 0 amide bonds. The summed E-state index contributed by atoms with van der Waals surface area (Å²) >= 11 is 7.90. The molecule has 204 valence electrons. The summed E-state index contributed by atoms with van der Waals surface area (Å²) in [5, 5.41) is 9.69. The Bertz CT molecular complexity index is 1560. The predicted octanol–water partition coefficient (Wildman–Crippen LogP) is 7.50. The number of benzene rings is 3. The molecule has 0 saturated carbocycles. The first kappa shape index (κ1) is 26.7. The number of halogens is 1. The number of thioether (sulfide) groups is 1. The fourth-order valence-electron chi connectivity index (χ4n) is 5.39. The maximum atomic E-state index is 13.5. The van der Waals surface area contributed by atoms with Crippen LogP contribution in [0, 0.1) is 5.41 Å². The molecule has 2 heterocycles. The zero-order chi connectivity index (χ0) is 27.7. The molecule has 1 aliphatic heterocycles. The van der Waals surface area contributed by atoms with E-state index in [1.54, 1.807) is 0 Å². The van der Waals surface area contributed by atoms with Crippen molar-refractivity contribution < 1.29 is 9.53 Å². The minimum absolute atomic E-state index is 0.117.